The molecule has 35 heavy (non-hydrogen) atoms. The maximum Gasteiger partial charge on any atom is 0.290 e. The monoisotopic (exact) mass is 480 g/mol. The Labute approximate surface area is 205 Å². The van der Waals surface area contributed by atoms with Crippen LogP contribution in [0.2, 0.25) is 0 Å². The van der Waals surface area contributed by atoms with Crippen molar-refractivity contribution in [2.24, 2.45) is 0 Å². The summed E-state index contributed by atoms with van der Waals surface area (Å²) in [5, 5.41) is 6.89. The standard InChI is InChI=1S/C26H30N2O4.CH2O2/c1-3-27(4-2)15-18-8-10-19(11-9-18)17-32-25-7-5-6-21-22(25)16-28(26(21)31)23-13-12-20(29)14-24(23)30;2-1-3/h5-11,23H,3-4,12-17H2,1-2H3;1H,(H,2,3). The Hall–Kier alpha value is -3.52. The van der Waals surface area contributed by atoms with Gasteiger partial charge < -0.3 is 14.7 Å². The van der Waals surface area contributed by atoms with Crippen molar-refractivity contribution >= 4 is 23.9 Å². The van der Waals surface area contributed by atoms with Crippen molar-refractivity contribution in [3.63, 3.8) is 0 Å². The largest absolute Gasteiger partial charge is 0.489 e. The number of ketones is 2. The van der Waals surface area contributed by atoms with Gasteiger partial charge in [0.25, 0.3) is 12.4 Å². The summed E-state index contributed by atoms with van der Waals surface area (Å²) in [5.41, 5.74) is 3.74. The Morgan fingerprint density at radius 3 is 2.34 bits per heavy atom. The van der Waals surface area contributed by atoms with Gasteiger partial charge >= 0.3 is 0 Å². The van der Waals surface area contributed by atoms with Crippen molar-refractivity contribution in [2.75, 3.05) is 13.1 Å². The van der Waals surface area contributed by atoms with E-state index in [9.17, 15) is 14.4 Å². The van der Waals surface area contributed by atoms with E-state index in [4.69, 9.17) is 14.6 Å². The van der Waals surface area contributed by atoms with Crippen molar-refractivity contribution < 1.29 is 29.0 Å². The van der Waals surface area contributed by atoms with Crippen molar-refractivity contribution in [3.8, 4) is 5.75 Å². The Morgan fingerprint density at radius 1 is 1.06 bits per heavy atom. The lowest BCUT2D eigenvalue weighted by molar-refractivity contribution is -0.133. The fourth-order valence-electron chi connectivity index (χ4n) is 4.51. The van der Waals surface area contributed by atoms with Crippen LogP contribution in [0.4, 0.5) is 0 Å². The number of ether oxygens (including phenoxy) is 1. The third kappa shape index (κ3) is 6.33. The van der Waals surface area contributed by atoms with E-state index in [-0.39, 0.29) is 30.4 Å². The van der Waals surface area contributed by atoms with E-state index in [1.165, 1.54) is 5.56 Å². The van der Waals surface area contributed by atoms with Crippen LogP contribution in [-0.2, 0) is 34.1 Å². The van der Waals surface area contributed by atoms with E-state index in [2.05, 4.69) is 43.0 Å². The van der Waals surface area contributed by atoms with Gasteiger partial charge in [-0.3, -0.25) is 24.1 Å². The number of rotatable bonds is 8. The number of carboxylic acid groups (broad SMARTS) is 1. The first-order valence-electron chi connectivity index (χ1n) is 11.9. The summed E-state index contributed by atoms with van der Waals surface area (Å²) < 4.78 is 6.10. The molecule has 1 unspecified atom stereocenters. The van der Waals surface area contributed by atoms with Gasteiger partial charge in [0.1, 0.15) is 18.1 Å². The molecule has 1 aliphatic heterocycles. The van der Waals surface area contributed by atoms with E-state index in [0.29, 0.717) is 37.3 Å². The van der Waals surface area contributed by atoms with Gasteiger partial charge in [-0.1, -0.05) is 44.2 Å². The summed E-state index contributed by atoms with van der Waals surface area (Å²) in [6.45, 7) is 7.83. The smallest absolute Gasteiger partial charge is 0.290 e. The molecule has 2 aromatic rings. The molecule has 186 valence electrons. The third-order valence-corrected chi connectivity index (χ3v) is 6.49. The van der Waals surface area contributed by atoms with Crippen molar-refractivity contribution in [1.82, 2.24) is 9.80 Å². The first kappa shape index (κ1) is 26.1. The summed E-state index contributed by atoms with van der Waals surface area (Å²) in [4.78, 5) is 49.2. The van der Waals surface area contributed by atoms with Gasteiger partial charge in [-0.15, -0.1) is 0 Å². The topological polar surface area (TPSA) is 104 Å². The molecule has 0 bridgehead atoms. The van der Waals surface area contributed by atoms with E-state index in [0.717, 1.165) is 30.8 Å². The zero-order valence-electron chi connectivity index (χ0n) is 20.2. The highest BCUT2D eigenvalue weighted by atomic mass is 16.5. The highest BCUT2D eigenvalue weighted by molar-refractivity contribution is 6.07. The molecule has 1 amide bonds. The van der Waals surface area contributed by atoms with Crippen LogP contribution in [0.5, 0.6) is 5.75 Å². The number of carbonyl (C=O) groups excluding carboxylic acids is 3. The maximum absolute atomic E-state index is 13.0. The summed E-state index contributed by atoms with van der Waals surface area (Å²) in [5.74, 6) is 0.320. The molecule has 0 radical (unpaired) electrons. The van der Waals surface area contributed by atoms with Crippen LogP contribution >= 0.6 is 0 Å². The van der Waals surface area contributed by atoms with E-state index in [1.807, 2.05) is 12.1 Å². The van der Waals surface area contributed by atoms with Crippen molar-refractivity contribution in [2.45, 2.75) is 58.8 Å². The molecular formula is C27H32N2O6. The quantitative estimate of drug-likeness (QED) is 0.456. The van der Waals surface area contributed by atoms with Gasteiger partial charge in [0.15, 0.2) is 5.78 Å². The molecule has 0 saturated heterocycles. The summed E-state index contributed by atoms with van der Waals surface area (Å²) >= 11 is 0. The number of hydrogen-bond donors (Lipinski definition) is 1. The summed E-state index contributed by atoms with van der Waals surface area (Å²) in [6.07, 6.45) is 0.690. The summed E-state index contributed by atoms with van der Waals surface area (Å²) in [6, 6.07) is 13.4. The second-order valence-electron chi connectivity index (χ2n) is 8.62. The molecule has 1 N–H and O–H groups in total. The molecule has 1 aliphatic carbocycles. The number of carbonyl (C=O) groups is 4. The molecule has 0 spiro atoms. The van der Waals surface area contributed by atoms with Gasteiger partial charge in [0.2, 0.25) is 0 Å². The third-order valence-electron chi connectivity index (χ3n) is 6.49. The minimum absolute atomic E-state index is 0.0393. The van der Waals surface area contributed by atoms with Crippen LogP contribution in [-0.4, -0.2) is 58.0 Å². The highest BCUT2D eigenvalue weighted by Crippen LogP contribution is 2.34. The predicted molar refractivity (Wildman–Crippen MR) is 130 cm³/mol. The molecule has 1 fully saturated rings. The molecule has 8 heteroatoms. The number of fused-ring (bicyclic) bond motifs is 1. The second-order valence-corrected chi connectivity index (χ2v) is 8.62. The lowest BCUT2D eigenvalue weighted by atomic mass is 9.92. The van der Waals surface area contributed by atoms with Gasteiger partial charge in [-0.05, 0) is 42.8 Å². The van der Waals surface area contributed by atoms with Crippen LogP contribution in [0, 0.1) is 0 Å². The Balaban J connectivity index is 0.00000108. The molecule has 8 nitrogen and oxygen atoms in total. The highest BCUT2D eigenvalue weighted by Gasteiger charge is 2.39. The number of nitrogens with zero attached hydrogens (tertiary/aromatic N) is 2. The number of benzene rings is 2. The lowest BCUT2D eigenvalue weighted by Crippen LogP contribution is -2.44. The number of amides is 1. The minimum atomic E-state index is -0.515. The van der Waals surface area contributed by atoms with E-state index >= 15 is 0 Å². The SMILES string of the molecule is CCN(CC)Cc1ccc(COc2cccc3c2CN(C2CCC(=O)CC2=O)C3=O)cc1.O=CO. The second kappa shape index (κ2) is 12.3. The maximum atomic E-state index is 13.0. The minimum Gasteiger partial charge on any atom is -0.489 e. The zero-order chi connectivity index (χ0) is 25.4. The Bertz CT molecular complexity index is 1060. The Morgan fingerprint density at radius 2 is 1.71 bits per heavy atom. The van der Waals surface area contributed by atoms with Crippen molar-refractivity contribution in [3.05, 3.63) is 64.7 Å². The van der Waals surface area contributed by atoms with Crippen LogP contribution in [0.3, 0.4) is 0 Å². The lowest BCUT2D eigenvalue weighted by Gasteiger charge is -2.29. The molecule has 2 aliphatic rings. The van der Waals surface area contributed by atoms with Gasteiger partial charge in [0.05, 0.1) is 19.0 Å². The average molecular weight is 481 g/mol. The van der Waals surface area contributed by atoms with Crippen LogP contribution in [0.15, 0.2) is 42.5 Å². The molecular weight excluding hydrogens is 448 g/mol. The molecule has 1 atom stereocenters. The van der Waals surface area contributed by atoms with Crippen molar-refractivity contribution in [1.29, 1.82) is 0 Å². The first-order valence-corrected chi connectivity index (χ1v) is 11.9. The Kier molecular flexibility index (Phi) is 9.14. The summed E-state index contributed by atoms with van der Waals surface area (Å²) in [7, 11) is 0. The molecule has 1 saturated carbocycles. The number of Topliss-reactive ketones (excluding diaryl/α,β-unsaturated/α-hetero) is 2. The van der Waals surface area contributed by atoms with Crippen LogP contribution in [0.1, 0.15) is 60.2 Å². The fraction of sp³-hybridized carbons (Fsp3) is 0.407. The van der Waals surface area contributed by atoms with Gasteiger partial charge in [0, 0.05) is 24.1 Å². The zero-order valence-corrected chi connectivity index (χ0v) is 20.2. The molecule has 2 aromatic carbocycles. The average Bonchev–Trinajstić information content (AvgIpc) is 3.19. The molecule has 4 rings (SSSR count). The number of hydrogen-bond acceptors (Lipinski definition) is 6. The van der Waals surface area contributed by atoms with Gasteiger partial charge in [-0.2, -0.15) is 0 Å². The van der Waals surface area contributed by atoms with Crippen LogP contribution < -0.4 is 4.74 Å². The predicted octanol–water partition coefficient (Wildman–Crippen LogP) is 3.45. The normalized spacial score (nSPS) is 17.2. The van der Waals surface area contributed by atoms with E-state index < -0.39 is 6.04 Å². The first-order chi connectivity index (χ1) is 16.9. The van der Waals surface area contributed by atoms with Gasteiger partial charge in [-0.25, -0.2) is 0 Å². The molecule has 1 heterocycles. The van der Waals surface area contributed by atoms with Crippen LogP contribution in [0.25, 0.3) is 0 Å². The van der Waals surface area contributed by atoms with E-state index in [1.54, 1.807) is 11.0 Å². The molecule has 0 aromatic heterocycles. The fourth-order valence-corrected chi connectivity index (χ4v) is 4.51.